The number of carbonyl (C=O) groups is 1. The van der Waals surface area contributed by atoms with Crippen LogP contribution in [0.5, 0.6) is 0 Å². The van der Waals surface area contributed by atoms with Crippen LogP contribution < -0.4 is 5.32 Å². The van der Waals surface area contributed by atoms with Crippen molar-refractivity contribution >= 4 is 39.1 Å². The zero-order valence-corrected chi connectivity index (χ0v) is 16.6. The second-order valence-electron chi connectivity index (χ2n) is 6.32. The fourth-order valence-electron chi connectivity index (χ4n) is 2.96. The van der Waals surface area contributed by atoms with Gasteiger partial charge in [-0.05, 0) is 24.3 Å². The van der Waals surface area contributed by atoms with E-state index in [1.54, 1.807) is 18.2 Å². The minimum atomic E-state index is -0.166. The minimum absolute atomic E-state index is 0.0863. The molecule has 138 valence electrons. The lowest BCUT2D eigenvalue weighted by Gasteiger charge is -2.34. The van der Waals surface area contributed by atoms with Gasteiger partial charge in [0, 0.05) is 42.8 Å². The summed E-state index contributed by atoms with van der Waals surface area (Å²) in [6, 6.07) is 12.2. The molecule has 0 unspecified atom stereocenters. The lowest BCUT2D eigenvalue weighted by molar-refractivity contribution is -0.117. The van der Waals surface area contributed by atoms with Gasteiger partial charge in [-0.15, -0.1) is 0 Å². The second kappa shape index (κ2) is 8.95. The van der Waals surface area contributed by atoms with Crippen molar-refractivity contribution in [2.75, 3.05) is 38.0 Å². The van der Waals surface area contributed by atoms with Crippen LogP contribution in [0.2, 0.25) is 5.02 Å². The molecule has 0 saturated carbocycles. The van der Waals surface area contributed by atoms with E-state index in [4.69, 9.17) is 11.6 Å². The summed E-state index contributed by atoms with van der Waals surface area (Å²) in [5.41, 5.74) is 1.32. The topological polar surface area (TPSA) is 35.6 Å². The first-order chi connectivity index (χ1) is 12.5. The molecule has 26 heavy (non-hydrogen) atoms. The highest BCUT2D eigenvalue weighted by Gasteiger charge is 2.20. The summed E-state index contributed by atoms with van der Waals surface area (Å²) < 4.78 is 14.6. The van der Waals surface area contributed by atoms with Crippen molar-refractivity contribution < 1.29 is 9.18 Å². The molecule has 2 aromatic carbocycles. The van der Waals surface area contributed by atoms with Crippen LogP contribution in [-0.4, -0.2) is 48.4 Å². The van der Waals surface area contributed by atoms with Crippen molar-refractivity contribution in [3.63, 3.8) is 0 Å². The Hall–Kier alpha value is -1.47. The molecule has 4 nitrogen and oxygen atoms in total. The highest BCUT2D eigenvalue weighted by Crippen LogP contribution is 2.25. The van der Waals surface area contributed by atoms with Gasteiger partial charge in [-0.3, -0.25) is 14.6 Å². The Morgan fingerprint density at radius 2 is 1.81 bits per heavy atom. The number of nitrogens with one attached hydrogen (secondary N) is 1. The lowest BCUT2D eigenvalue weighted by atomic mass is 10.2. The Bertz CT molecular complexity index is 781. The van der Waals surface area contributed by atoms with Gasteiger partial charge in [0.15, 0.2) is 0 Å². The molecule has 3 rings (SSSR count). The summed E-state index contributed by atoms with van der Waals surface area (Å²) in [6.07, 6.45) is 0. The van der Waals surface area contributed by atoms with E-state index < -0.39 is 0 Å². The number of hydrogen-bond donors (Lipinski definition) is 1. The lowest BCUT2D eigenvalue weighted by Crippen LogP contribution is -2.48. The highest BCUT2D eigenvalue weighted by atomic mass is 79.9. The second-order valence-corrected chi connectivity index (χ2v) is 7.64. The summed E-state index contributed by atoms with van der Waals surface area (Å²) in [7, 11) is 0. The summed E-state index contributed by atoms with van der Waals surface area (Å²) >= 11 is 9.47. The zero-order chi connectivity index (χ0) is 18.5. The van der Waals surface area contributed by atoms with E-state index >= 15 is 0 Å². The molecule has 0 radical (unpaired) electrons. The number of anilines is 1. The summed E-state index contributed by atoms with van der Waals surface area (Å²) in [5.74, 6) is -0.252. The largest absolute Gasteiger partial charge is 0.324 e. The predicted molar refractivity (Wildman–Crippen MR) is 106 cm³/mol. The molecule has 1 aliphatic rings. The Balaban J connectivity index is 1.46. The molecule has 0 aliphatic carbocycles. The number of carbonyl (C=O) groups excluding carboxylic acids is 1. The monoisotopic (exact) mass is 439 g/mol. The van der Waals surface area contributed by atoms with E-state index in [9.17, 15) is 9.18 Å². The SMILES string of the molecule is O=C(CN1CCN(Cc2ccccc2F)CC1)Nc1ccc(Br)cc1Cl. The maximum Gasteiger partial charge on any atom is 0.238 e. The normalized spacial score (nSPS) is 15.8. The van der Waals surface area contributed by atoms with Gasteiger partial charge >= 0.3 is 0 Å². The average molecular weight is 441 g/mol. The average Bonchev–Trinajstić information content (AvgIpc) is 2.61. The summed E-state index contributed by atoms with van der Waals surface area (Å²) in [5, 5.41) is 3.35. The third-order valence-electron chi connectivity index (χ3n) is 4.39. The van der Waals surface area contributed by atoms with Crippen LogP contribution in [0.4, 0.5) is 10.1 Å². The predicted octanol–water partition coefficient (Wildman–Crippen LogP) is 4.00. The Kier molecular flexibility index (Phi) is 6.64. The van der Waals surface area contributed by atoms with Gasteiger partial charge in [-0.25, -0.2) is 4.39 Å². The van der Waals surface area contributed by atoms with E-state index in [0.29, 0.717) is 29.4 Å². The highest BCUT2D eigenvalue weighted by molar-refractivity contribution is 9.10. The summed E-state index contributed by atoms with van der Waals surface area (Å²) in [4.78, 5) is 16.6. The van der Waals surface area contributed by atoms with E-state index in [1.807, 2.05) is 18.2 Å². The van der Waals surface area contributed by atoms with E-state index in [0.717, 1.165) is 30.7 Å². The molecule has 0 aromatic heterocycles. The quantitative estimate of drug-likeness (QED) is 0.763. The third kappa shape index (κ3) is 5.27. The van der Waals surface area contributed by atoms with Crippen LogP contribution in [-0.2, 0) is 11.3 Å². The maximum absolute atomic E-state index is 13.8. The summed E-state index contributed by atoms with van der Waals surface area (Å²) in [6.45, 7) is 4.08. The van der Waals surface area contributed by atoms with Crippen molar-refractivity contribution in [1.82, 2.24) is 9.80 Å². The van der Waals surface area contributed by atoms with Gasteiger partial charge in [-0.1, -0.05) is 45.7 Å². The molecule has 1 amide bonds. The number of amides is 1. The molecule has 2 aromatic rings. The maximum atomic E-state index is 13.8. The van der Waals surface area contributed by atoms with Gasteiger partial charge in [0.2, 0.25) is 5.91 Å². The fraction of sp³-hybridized carbons (Fsp3) is 0.316. The minimum Gasteiger partial charge on any atom is -0.324 e. The third-order valence-corrected chi connectivity index (χ3v) is 5.20. The molecule has 1 N–H and O–H groups in total. The standard InChI is InChI=1S/C19H20BrClFN3O/c20-15-5-6-18(16(21)11-15)23-19(26)13-25-9-7-24(8-10-25)12-14-3-1-2-4-17(14)22/h1-6,11H,7-10,12-13H2,(H,23,26). The van der Waals surface area contributed by atoms with Crippen LogP contribution in [0.15, 0.2) is 46.9 Å². The molecular formula is C19H20BrClFN3O. The number of piperazine rings is 1. The molecule has 7 heteroatoms. The van der Waals surface area contributed by atoms with Crippen LogP contribution in [0, 0.1) is 5.82 Å². The molecular weight excluding hydrogens is 421 g/mol. The number of halogens is 3. The van der Waals surface area contributed by atoms with Gasteiger partial charge in [0.25, 0.3) is 0 Å². The van der Waals surface area contributed by atoms with Crippen LogP contribution in [0.25, 0.3) is 0 Å². The van der Waals surface area contributed by atoms with Crippen molar-refractivity contribution in [2.45, 2.75) is 6.54 Å². The van der Waals surface area contributed by atoms with Crippen molar-refractivity contribution in [1.29, 1.82) is 0 Å². The van der Waals surface area contributed by atoms with Gasteiger partial charge in [-0.2, -0.15) is 0 Å². The first-order valence-electron chi connectivity index (χ1n) is 8.44. The molecule has 0 spiro atoms. The van der Waals surface area contributed by atoms with Crippen LogP contribution >= 0.6 is 27.5 Å². The van der Waals surface area contributed by atoms with Crippen molar-refractivity contribution in [3.05, 3.63) is 63.3 Å². The number of rotatable bonds is 5. The van der Waals surface area contributed by atoms with Crippen molar-refractivity contribution in [3.8, 4) is 0 Å². The first-order valence-corrected chi connectivity index (χ1v) is 9.61. The van der Waals surface area contributed by atoms with Crippen molar-refractivity contribution in [2.24, 2.45) is 0 Å². The van der Waals surface area contributed by atoms with Crippen LogP contribution in [0.3, 0.4) is 0 Å². The molecule has 1 heterocycles. The Morgan fingerprint density at radius 3 is 2.50 bits per heavy atom. The van der Waals surface area contributed by atoms with Gasteiger partial charge in [0.05, 0.1) is 17.3 Å². The van der Waals surface area contributed by atoms with Gasteiger partial charge in [0.1, 0.15) is 5.82 Å². The van der Waals surface area contributed by atoms with E-state index in [2.05, 4.69) is 31.0 Å². The smallest absolute Gasteiger partial charge is 0.238 e. The fourth-order valence-corrected chi connectivity index (χ4v) is 3.68. The van der Waals surface area contributed by atoms with E-state index in [1.165, 1.54) is 6.07 Å². The molecule has 1 aliphatic heterocycles. The molecule has 0 atom stereocenters. The number of benzene rings is 2. The zero-order valence-electron chi connectivity index (χ0n) is 14.2. The van der Waals surface area contributed by atoms with Gasteiger partial charge < -0.3 is 5.32 Å². The van der Waals surface area contributed by atoms with Crippen LogP contribution in [0.1, 0.15) is 5.56 Å². The molecule has 0 bridgehead atoms. The Labute approximate surface area is 166 Å². The number of hydrogen-bond acceptors (Lipinski definition) is 3. The Morgan fingerprint density at radius 1 is 1.12 bits per heavy atom. The molecule has 1 fully saturated rings. The van der Waals surface area contributed by atoms with E-state index in [-0.39, 0.29) is 11.7 Å². The first kappa shape index (κ1) is 19.3. The molecule has 1 saturated heterocycles. The number of nitrogens with zero attached hydrogens (tertiary/aromatic N) is 2.